The van der Waals surface area contributed by atoms with E-state index in [9.17, 15) is 9.59 Å². The minimum atomic E-state index is -0.178. The van der Waals surface area contributed by atoms with E-state index in [1.54, 1.807) is 0 Å². The molecule has 2 aromatic rings. The summed E-state index contributed by atoms with van der Waals surface area (Å²) in [6.45, 7) is 4.39. The predicted molar refractivity (Wildman–Crippen MR) is 153 cm³/mol. The number of hydrogen-bond acceptors (Lipinski definition) is 4. The van der Waals surface area contributed by atoms with Gasteiger partial charge in [0.2, 0.25) is 0 Å². The van der Waals surface area contributed by atoms with E-state index in [1.807, 2.05) is 24.3 Å². The summed E-state index contributed by atoms with van der Waals surface area (Å²) in [5.74, 6) is 0.0412. The molecule has 2 aromatic carbocycles. The highest BCUT2D eigenvalue weighted by atomic mass is 16.7. The maximum atomic E-state index is 12.6. The molecule has 4 heteroatoms. The van der Waals surface area contributed by atoms with Gasteiger partial charge in [-0.05, 0) is 48.8 Å². The first kappa shape index (κ1) is 28.8. The Morgan fingerprint density at radius 1 is 0.703 bits per heavy atom. The first-order chi connectivity index (χ1) is 18.1. The second-order valence-corrected chi connectivity index (χ2v) is 10.5. The van der Waals surface area contributed by atoms with Crippen molar-refractivity contribution in [3.8, 4) is 11.1 Å². The average molecular weight is 504 g/mol. The molecule has 0 aliphatic heterocycles. The fourth-order valence-corrected chi connectivity index (χ4v) is 5.04. The van der Waals surface area contributed by atoms with Crippen molar-refractivity contribution in [2.75, 3.05) is 0 Å². The van der Waals surface area contributed by atoms with E-state index in [1.165, 1.54) is 32.1 Å². The van der Waals surface area contributed by atoms with Crippen molar-refractivity contribution < 1.29 is 14.4 Å². The summed E-state index contributed by atoms with van der Waals surface area (Å²) >= 11 is 0. The molecular formula is C33H45NO3. The first-order valence-electron chi connectivity index (χ1n) is 14.6. The monoisotopic (exact) mass is 503 g/mol. The van der Waals surface area contributed by atoms with Crippen molar-refractivity contribution in [3.63, 3.8) is 0 Å². The molecule has 4 nitrogen and oxygen atoms in total. The van der Waals surface area contributed by atoms with Crippen molar-refractivity contribution in [2.45, 2.75) is 110 Å². The van der Waals surface area contributed by atoms with Crippen LogP contribution in [0.2, 0.25) is 0 Å². The summed E-state index contributed by atoms with van der Waals surface area (Å²) in [5.41, 5.74) is 4.80. The summed E-state index contributed by atoms with van der Waals surface area (Å²) in [6, 6.07) is 16.2. The Labute approximate surface area is 223 Å². The second kappa shape index (κ2) is 16.2. The normalized spacial score (nSPS) is 14.5. The molecule has 0 saturated heterocycles. The number of unbranched alkanes of at least 4 members (excludes halogenated alkanes) is 6. The summed E-state index contributed by atoms with van der Waals surface area (Å²) < 4.78 is 0. The van der Waals surface area contributed by atoms with Crippen LogP contribution in [0.4, 0.5) is 0 Å². The Morgan fingerprint density at radius 2 is 1.24 bits per heavy atom. The van der Waals surface area contributed by atoms with E-state index in [0.717, 1.165) is 85.8 Å². The smallest absolute Gasteiger partial charge is 0.318 e. The molecule has 0 N–H and O–H groups in total. The molecule has 1 fully saturated rings. The van der Waals surface area contributed by atoms with Gasteiger partial charge in [-0.25, -0.2) is 4.79 Å². The molecule has 0 bridgehead atoms. The third kappa shape index (κ3) is 9.57. The van der Waals surface area contributed by atoms with Gasteiger partial charge in [0.1, 0.15) is 0 Å². The standard InChI is InChI=1S/C33H45NO3/c1-3-5-7-12-16-31(34-37-33(36)30-14-10-9-11-15-30)28-22-18-26(19-23-28)27-20-24-29(25-21-27)32(35)17-13-8-6-4-2/h18-25,30H,3-17H2,1-2H3. The lowest BCUT2D eigenvalue weighted by Crippen LogP contribution is -2.19. The SMILES string of the molecule is CCCCCCC(=O)c1ccc(-c2ccc(C(CCCCCC)=NOC(=O)C3CCCCC3)cc2)cc1. The van der Waals surface area contributed by atoms with Crippen LogP contribution in [0.1, 0.15) is 126 Å². The molecule has 0 radical (unpaired) electrons. The molecule has 0 heterocycles. The largest absolute Gasteiger partial charge is 0.338 e. The van der Waals surface area contributed by atoms with Gasteiger partial charge < -0.3 is 4.84 Å². The average Bonchev–Trinajstić information content (AvgIpc) is 2.95. The molecule has 0 aromatic heterocycles. The lowest BCUT2D eigenvalue weighted by molar-refractivity contribution is -0.149. The van der Waals surface area contributed by atoms with Crippen molar-refractivity contribution in [1.29, 1.82) is 0 Å². The van der Waals surface area contributed by atoms with Crippen molar-refractivity contribution in [1.82, 2.24) is 0 Å². The van der Waals surface area contributed by atoms with Gasteiger partial charge >= 0.3 is 5.97 Å². The van der Waals surface area contributed by atoms with Gasteiger partial charge in [-0.3, -0.25) is 4.79 Å². The van der Waals surface area contributed by atoms with Gasteiger partial charge in [0.15, 0.2) is 5.78 Å². The number of hydrogen-bond donors (Lipinski definition) is 0. The Hall–Kier alpha value is -2.75. The van der Waals surface area contributed by atoms with Crippen LogP contribution >= 0.6 is 0 Å². The number of oxime groups is 1. The zero-order valence-electron chi connectivity index (χ0n) is 23.0. The number of rotatable bonds is 15. The molecular weight excluding hydrogens is 458 g/mol. The molecule has 0 spiro atoms. The Morgan fingerprint density at radius 3 is 1.81 bits per heavy atom. The molecule has 0 amide bonds. The first-order valence-corrected chi connectivity index (χ1v) is 14.6. The van der Waals surface area contributed by atoms with Crippen LogP contribution in [0, 0.1) is 5.92 Å². The third-order valence-corrected chi connectivity index (χ3v) is 7.47. The molecule has 200 valence electrons. The molecule has 1 aliphatic rings. The number of benzene rings is 2. The van der Waals surface area contributed by atoms with Gasteiger partial charge in [-0.1, -0.05) is 125 Å². The van der Waals surface area contributed by atoms with Crippen LogP contribution in [-0.4, -0.2) is 17.5 Å². The van der Waals surface area contributed by atoms with Crippen molar-refractivity contribution in [2.24, 2.45) is 11.1 Å². The quantitative estimate of drug-likeness (QED) is 0.0800. The fraction of sp³-hybridized carbons (Fsp3) is 0.545. The van der Waals surface area contributed by atoms with Crippen molar-refractivity contribution >= 4 is 17.5 Å². The van der Waals surface area contributed by atoms with Gasteiger partial charge in [0, 0.05) is 12.0 Å². The van der Waals surface area contributed by atoms with E-state index in [0.29, 0.717) is 6.42 Å². The van der Waals surface area contributed by atoms with Crippen LogP contribution in [0.3, 0.4) is 0 Å². The maximum Gasteiger partial charge on any atom is 0.338 e. The minimum Gasteiger partial charge on any atom is -0.318 e. The topological polar surface area (TPSA) is 55.7 Å². The molecule has 3 rings (SSSR count). The van der Waals surface area contributed by atoms with Crippen LogP contribution in [0.25, 0.3) is 11.1 Å². The summed E-state index contributed by atoms with van der Waals surface area (Å²) in [4.78, 5) is 30.5. The number of carbonyl (C=O) groups excluding carboxylic acids is 2. The van der Waals surface area contributed by atoms with E-state index in [4.69, 9.17) is 4.84 Å². The van der Waals surface area contributed by atoms with E-state index in [2.05, 4.69) is 43.3 Å². The second-order valence-electron chi connectivity index (χ2n) is 10.5. The molecule has 1 saturated carbocycles. The summed E-state index contributed by atoms with van der Waals surface area (Å²) in [5, 5.41) is 4.37. The highest BCUT2D eigenvalue weighted by molar-refractivity contribution is 6.01. The van der Waals surface area contributed by atoms with Crippen LogP contribution in [-0.2, 0) is 9.63 Å². The lowest BCUT2D eigenvalue weighted by Gasteiger charge is -2.18. The molecule has 37 heavy (non-hydrogen) atoms. The van der Waals surface area contributed by atoms with Gasteiger partial charge in [0.25, 0.3) is 0 Å². The van der Waals surface area contributed by atoms with Gasteiger partial charge in [0.05, 0.1) is 11.6 Å². The summed E-state index contributed by atoms with van der Waals surface area (Å²) in [7, 11) is 0. The zero-order valence-corrected chi connectivity index (χ0v) is 23.0. The van der Waals surface area contributed by atoms with E-state index >= 15 is 0 Å². The lowest BCUT2D eigenvalue weighted by atomic mass is 9.89. The fourth-order valence-electron chi connectivity index (χ4n) is 5.04. The Balaban J connectivity index is 1.65. The molecule has 0 unspecified atom stereocenters. The number of carbonyl (C=O) groups is 2. The molecule has 1 aliphatic carbocycles. The molecule has 0 atom stereocenters. The van der Waals surface area contributed by atoms with Gasteiger partial charge in [-0.2, -0.15) is 0 Å². The minimum absolute atomic E-state index is 0.00703. The predicted octanol–water partition coefficient (Wildman–Crippen LogP) is 9.30. The van der Waals surface area contributed by atoms with E-state index < -0.39 is 0 Å². The van der Waals surface area contributed by atoms with Crippen LogP contribution < -0.4 is 0 Å². The third-order valence-electron chi connectivity index (χ3n) is 7.47. The highest BCUT2D eigenvalue weighted by Crippen LogP contribution is 2.26. The Bertz CT molecular complexity index is 985. The van der Waals surface area contributed by atoms with Gasteiger partial charge in [-0.15, -0.1) is 0 Å². The zero-order chi connectivity index (χ0) is 26.3. The van der Waals surface area contributed by atoms with Crippen molar-refractivity contribution in [3.05, 3.63) is 59.7 Å². The maximum absolute atomic E-state index is 12.6. The van der Waals surface area contributed by atoms with Crippen LogP contribution in [0.5, 0.6) is 0 Å². The highest BCUT2D eigenvalue weighted by Gasteiger charge is 2.23. The van der Waals surface area contributed by atoms with Crippen LogP contribution in [0.15, 0.2) is 53.7 Å². The number of nitrogens with zero attached hydrogens (tertiary/aromatic N) is 1. The number of ketones is 1. The summed E-state index contributed by atoms with van der Waals surface area (Å²) in [6.07, 6.45) is 15.7. The number of Topliss-reactive ketones (excluding diaryl/α,β-unsaturated/α-hetero) is 1. The Kier molecular flexibility index (Phi) is 12.6. The van der Waals surface area contributed by atoms with E-state index in [-0.39, 0.29) is 17.7 Å².